The molecule has 260 valence electrons. The Labute approximate surface area is 282 Å². The van der Waals surface area contributed by atoms with Gasteiger partial charge in [0, 0.05) is 13.1 Å². The third-order valence-corrected chi connectivity index (χ3v) is 10.1. The summed E-state index contributed by atoms with van der Waals surface area (Å²) in [6.45, 7) is 1.38. The van der Waals surface area contributed by atoms with Crippen LogP contribution in [-0.2, 0) is 47.7 Å². The zero-order chi connectivity index (χ0) is 33.8. The van der Waals surface area contributed by atoms with Crippen LogP contribution in [0.2, 0.25) is 0 Å². The van der Waals surface area contributed by atoms with Crippen LogP contribution in [0.25, 0.3) is 0 Å². The monoisotopic (exact) mass is 773 g/mol. The molecule has 2 amide bonds. The van der Waals surface area contributed by atoms with E-state index in [1.54, 1.807) is 11.9 Å². The number of hydrogen-bond donors (Lipinski definition) is 3. The Balaban J connectivity index is 0.000000621. The maximum absolute atomic E-state index is 11.5. The number of carbonyl (C=O) groups is 6. The lowest BCUT2D eigenvalue weighted by Crippen LogP contribution is -2.78. The highest BCUT2D eigenvalue weighted by molar-refractivity contribution is 9.10. The molecule has 15 nitrogen and oxygen atoms in total. The topological polar surface area (TPSA) is 196 Å². The smallest absolute Gasteiger partial charge is 0.323 e. The standard InChI is InChI=1S/C9H13N3O2.C9H15NO4.C8H12Br2O4.CH5N.CH4/c1-12-8(4-10-6(8)13)2-3-9(12)5-11-7(9)14;1-10-6(8(11)13-2)4-5-7(10)9(12)14-3;1-13-7(11)5(9)3-4-6(10)8(12)14-2;1-2;/h2-5H2,1H3,(H,10,13)(H,11,14);6-7H,4-5H2,1-3H3;5-6H,3-4H2,1-2H3;2H2,1H3;1H4. The van der Waals surface area contributed by atoms with Crippen molar-refractivity contribution in [2.75, 3.05) is 62.7 Å². The summed E-state index contributed by atoms with van der Waals surface area (Å²) in [6.07, 6.45) is 3.92. The lowest BCUT2D eigenvalue weighted by molar-refractivity contribution is -0.153. The van der Waals surface area contributed by atoms with Crippen LogP contribution in [0.1, 0.15) is 46.0 Å². The Kier molecular flexibility index (Phi) is 18.3. The summed E-state index contributed by atoms with van der Waals surface area (Å²) < 4.78 is 18.3. The van der Waals surface area contributed by atoms with Gasteiger partial charge in [0.2, 0.25) is 11.8 Å². The number of nitrogens with two attached hydrogens (primary N) is 1. The molecular formula is C28H49Br2N5O10. The summed E-state index contributed by atoms with van der Waals surface area (Å²) in [5.74, 6) is -1.10. The maximum atomic E-state index is 11.5. The summed E-state index contributed by atoms with van der Waals surface area (Å²) in [5.41, 5.74) is 3.75. The van der Waals surface area contributed by atoms with E-state index in [1.807, 2.05) is 11.9 Å². The quantitative estimate of drug-likeness (QED) is 0.137. The summed E-state index contributed by atoms with van der Waals surface area (Å²) >= 11 is 6.31. The van der Waals surface area contributed by atoms with E-state index in [-0.39, 0.29) is 75.9 Å². The Morgan fingerprint density at radius 1 is 0.778 bits per heavy atom. The molecule has 6 unspecified atom stereocenters. The molecule has 4 aliphatic heterocycles. The molecule has 0 aromatic rings. The highest BCUT2D eigenvalue weighted by atomic mass is 79.9. The number of alkyl halides is 2. The molecule has 4 N–H and O–H groups in total. The minimum absolute atomic E-state index is 0. The lowest BCUT2D eigenvalue weighted by Gasteiger charge is -2.50. The first-order valence-electron chi connectivity index (χ1n) is 14.0. The van der Waals surface area contributed by atoms with E-state index >= 15 is 0 Å². The summed E-state index contributed by atoms with van der Waals surface area (Å²) in [5, 5.41) is 5.52. The molecule has 0 saturated carbocycles. The van der Waals surface area contributed by atoms with Crippen molar-refractivity contribution >= 4 is 67.6 Å². The molecule has 0 radical (unpaired) electrons. The van der Waals surface area contributed by atoms with Crippen LogP contribution in [-0.4, -0.2) is 141 Å². The lowest BCUT2D eigenvalue weighted by atomic mass is 9.88. The fourth-order valence-corrected chi connectivity index (χ4v) is 6.30. The number of nitrogens with zero attached hydrogens (tertiary/aromatic N) is 2. The molecule has 45 heavy (non-hydrogen) atoms. The maximum Gasteiger partial charge on any atom is 0.323 e. The molecule has 0 aromatic carbocycles. The number of esters is 4. The molecule has 17 heteroatoms. The van der Waals surface area contributed by atoms with Gasteiger partial charge in [-0.15, -0.1) is 0 Å². The Morgan fingerprint density at radius 2 is 1.11 bits per heavy atom. The van der Waals surface area contributed by atoms with Gasteiger partial charge in [0.1, 0.15) is 32.8 Å². The zero-order valence-corrected chi connectivity index (χ0v) is 29.4. The van der Waals surface area contributed by atoms with E-state index < -0.39 is 0 Å². The molecule has 4 saturated heterocycles. The number of nitrogens with one attached hydrogen (secondary N) is 2. The Hall–Kier alpha value is -2.34. The van der Waals surface area contributed by atoms with Crippen molar-refractivity contribution in [2.24, 2.45) is 5.73 Å². The van der Waals surface area contributed by atoms with E-state index in [0.717, 1.165) is 12.8 Å². The number of carbonyl (C=O) groups excluding carboxylic acids is 6. The first kappa shape index (κ1) is 42.7. The average Bonchev–Trinajstić information content (AvgIpc) is 3.61. The van der Waals surface area contributed by atoms with Crippen molar-refractivity contribution in [1.29, 1.82) is 0 Å². The van der Waals surface area contributed by atoms with Crippen LogP contribution in [0.3, 0.4) is 0 Å². The van der Waals surface area contributed by atoms with Gasteiger partial charge in [-0.05, 0) is 59.7 Å². The van der Waals surface area contributed by atoms with Crippen molar-refractivity contribution in [1.82, 2.24) is 20.4 Å². The number of hydrogen-bond acceptors (Lipinski definition) is 13. The number of amides is 2. The van der Waals surface area contributed by atoms with Gasteiger partial charge < -0.3 is 35.3 Å². The third kappa shape index (κ3) is 9.59. The minimum Gasteiger partial charge on any atom is -0.468 e. The van der Waals surface area contributed by atoms with Crippen molar-refractivity contribution in [3.63, 3.8) is 0 Å². The first-order valence-corrected chi connectivity index (χ1v) is 15.8. The van der Waals surface area contributed by atoms with Crippen LogP contribution >= 0.6 is 31.9 Å². The number of ether oxygens (including phenoxy) is 4. The second-order valence-corrected chi connectivity index (χ2v) is 12.6. The van der Waals surface area contributed by atoms with Crippen molar-refractivity contribution < 1.29 is 47.7 Å². The van der Waals surface area contributed by atoms with Crippen LogP contribution in [0, 0.1) is 0 Å². The van der Waals surface area contributed by atoms with Gasteiger partial charge in [-0.3, -0.25) is 38.6 Å². The normalized spacial score (nSPS) is 27.4. The van der Waals surface area contributed by atoms with Gasteiger partial charge in [-0.25, -0.2) is 0 Å². The SMILES string of the molecule is C.CN.CN1C2(CCC13CNC3=O)CNC2=O.COC(=O)C(Br)CCC(Br)C(=O)OC.COC(=O)C1CCC(C(=O)OC)N1C. The number of methoxy groups -OCH3 is 4. The van der Waals surface area contributed by atoms with Crippen molar-refractivity contribution in [2.45, 2.75) is 78.8 Å². The van der Waals surface area contributed by atoms with E-state index in [9.17, 15) is 28.8 Å². The highest BCUT2D eigenvalue weighted by Gasteiger charge is 2.66. The van der Waals surface area contributed by atoms with Gasteiger partial charge in [-0.2, -0.15) is 0 Å². The van der Waals surface area contributed by atoms with Crippen LogP contribution in [0.4, 0.5) is 0 Å². The van der Waals surface area contributed by atoms with Crippen molar-refractivity contribution in [3.8, 4) is 0 Å². The molecule has 4 fully saturated rings. The second-order valence-electron chi connectivity index (χ2n) is 10.4. The zero-order valence-electron chi connectivity index (χ0n) is 26.3. The Morgan fingerprint density at radius 3 is 1.31 bits per heavy atom. The second kappa shape index (κ2) is 19.4. The number of halogens is 2. The minimum atomic E-state index is -0.378. The highest BCUT2D eigenvalue weighted by Crippen LogP contribution is 2.45. The molecule has 0 bridgehead atoms. The fourth-order valence-electron chi connectivity index (χ4n) is 5.40. The molecule has 4 aliphatic rings. The van der Waals surface area contributed by atoms with E-state index in [0.29, 0.717) is 38.8 Å². The first-order chi connectivity index (χ1) is 20.8. The molecular weight excluding hydrogens is 726 g/mol. The number of likely N-dealkylation sites (N-methyl/N-ethyl adjacent to an activating group) is 2. The molecule has 4 rings (SSSR count). The fraction of sp³-hybridized carbons (Fsp3) is 0.786. The number of likely N-dealkylation sites (tertiary alicyclic amines) is 2. The van der Waals surface area contributed by atoms with Crippen LogP contribution in [0.5, 0.6) is 0 Å². The summed E-state index contributed by atoms with van der Waals surface area (Å²) in [7, 11) is 10.5. The number of β-lactam (4-membered cyclic amide) rings is 2. The van der Waals surface area contributed by atoms with Gasteiger partial charge in [-0.1, -0.05) is 39.3 Å². The number of rotatable bonds is 7. The summed E-state index contributed by atoms with van der Waals surface area (Å²) in [6, 6.07) is -0.631. The predicted octanol–water partition coefficient (Wildman–Crippen LogP) is 0.0950. The molecule has 0 aromatic heterocycles. The van der Waals surface area contributed by atoms with E-state index in [4.69, 9.17) is 0 Å². The molecule has 2 spiro atoms. The van der Waals surface area contributed by atoms with E-state index in [2.05, 4.69) is 67.2 Å². The van der Waals surface area contributed by atoms with Gasteiger partial charge in [0.05, 0.1) is 28.4 Å². The van der Waals surface area contributed by atoms with E-state index in [1.165, 1.54) is 35.5 Å². The molecule has 6 atom stereocenters. The third-order valence-electron chi connectivity index (χ3n) is 8.40. The van der Waals surface area contributed by atoms with Crippen molar-refractivity contribution in [3.05, 3.63) is 0 Å². The van der Waals surface area contributed by atoms with Crippen LogP contribution < -0.4 is 16.4 Å². The largest absolute Gasteiger partial charge is 0.468 e. The Bertz CT molecular complexity index is 975. The average molecular weight is 776 g/mol. The van der Waals surface area contributed by atoms with Crippen LogP contribution in [0.15, 0.2) is 0 Å². The molecule has 0 aliphatic carbocycles. The molecule has 4 heterocycles. The predicted molar refractivity (Wildman–Crippen MR) is 173 cm³/mol. The van der Waals surface area contributed by atoms with Gasteiger partial charge in [0.15, 0.2) is 0 Å². The van der Waals surface area contributed by atoms with Gasteiger partial charge >= 0.3 is 23.9 Å². The summed E-state index contributed by atoms with van der Waals surface area (Å²) in [4.78, 5) is 70.4. The van der Waals surface area contributed by atoms with Gasteiger partial charge in [0.25, 0.3) is 0 Å².